The van der Waals surface area contributed by atoms with Gasteiger partial charge in [0, 0.05) is 0 Å². The van der Waals surface area contributed by atoms with Gasteiger partial charge in [-0.2, -0.15) is 9.98 Å². The molecular formula is C12H13N3O3. The van der Waals surface area contributed by atoms with Gasteiger partial charge < -0.3 is 10.8 Å². The average molecular weight is 247 g/mol. The summed E-state index contributed by atoms with van der Waals surface area (Å²) in [5.41, 5.74) is 6.30. The summed E-state index contributed by atoms with van der Waals surface area (Å²) in [7, 11) is 0. The fourth-order valence-electron chi connectivity index (χ4n) is 1.18. The second-order valence-corrected chi connectivity index (χ2v) is 3.47. The van der Waals surface area contributed by atoms with E-state index in [-0.39, 0.29) is 0 Å². The minimum atomic E-state index is -0.959. The Hall–Kier alpha value is -2.34. The zero-order chi connectivity index (χ0) is 13.4. The van der Waals surface area contributed by atoms with Crippen LogP contribution < -0.4 is 5.73 Å². The molecule has 1 aliphatic heterocycles. The highest BCUT2D eigenvalue weighted by Crippen LogP contribution is 2.01. The van der Waals surface area contributed by atoms with Crippen LogP contribution in [0.15, 0.2) is 40.3 Å². The number of carboxylic acid groups (broad SMARTS) is 1. The van der Waals surface area contributed by atoms with Crippen LogP contribution in [-0.2, 0) is 11.2 Å². The normalized spacial score (nSPS) is 13.9. The van der Waals surface area contributed by atoms with Crippen molar-refractivity contribution in [3.05, 3.63) is 35.9 Å². The number of nitrogens with zero attached hydrogens (tertiary/aromatic N) is 2. The van der Waals surface area contributed by atoms with Crippen LogP contribution in [0.1, 0.15) is 5.56 Å². The lowest BCUT2D eigenvalue weighted by Crippen LogP contribution is -2.32. The van der Waals surface area contributed by atoms with E-state index in [0.29, 0.717) is 6.42 Å². The third-order valence-electron chi connectivity index (χ3n) is 2.05. The van der Waals surface area contributed by atoms with E-state index in [4.69, 9.17) is 10.8 Å². The third-order valence-corrected chi connectivity index (χ3v) is 2.05. The van der Waals surface area contributed by atoms with E-state index >= 15 is 0 Å². The van der Waals surface area contributed by atoms with Crippen LogP contribution in [-0.4, -0.2) is 35.6 Å². The van der Waals surface area contributed by atoms with Gasteiger partial charge in [-0.1, -0.05) is 30.3 Å². The first-order chi connectivity index (χ1) is 8.59. The number of amides is 2. The van der Waals surface area contributed by atoms with Crippen molar-refractivity contribution < 1.29 is 14.7 Å². The van der Waals surface area contributed by atoms with Gasteiger partial charge in [0.15, 0.2) is 0 Å². The SMILES string of the molecule is NC(Cc1ccccc1)C(=O)O.O=C1N=CC=N1. The zero-order valence-electron chi connectivity index (χ0n) is 9.56. The van der Waals surface area contributed by atoms with Crippen LogP contribution in [0.2, 0.25) is 0 Å². The number of carbonyl (C=O) groups excluding carboxylic acids is 1. The molecule has 0 aromatic heterocycles. The van der Waals surface area contributed by atoms with Crippen molar-refractivity contribution in [1.29, 1.82) is 0 Å². The number of rotatable bonds is 3. The molecule has 2 rings (SSSR count). The maximum Gasteiger partial charge on any atom is 0.367 e. The summed E-state index contributed by atoms with van der Waals surface area (Å²) in [6.07, 6.45) is 3.11. The van der Waals surface area contributed by atoms with Gasteiger partial charge in [-0.25, -0.2) is 4.79 Å². The maximum atomic E-state index is 10.4. The van der Waals surface area contributed by atoms with E-state index in [1.54, 1.807) is 0 Å². The number of nitrogens with two attached hydrogens (primary N) is 1. The van der Waals surface area contributed by atoms with Crippen LogP contribution in [0.4, 0.5) is 4.79 Å². The number of carbonyl (C=O) groups is 2. The molecular weight excluding hydrogens is 234 g/mol. The molecule has 0 spiro atoms. The molecule has 6 heteroatoms. The first kappa shape index (κ1) is 13.7. The van der Waals surface area contributed by atoms with Gasteiger partial charge >= 0.3 is 12.0 Å². The summed E-state index contributed by atoms with van der Waals surface area (Å²) in [6, 6.07) is 8.14. The molecule has 3 N–H and O–H groups in total. The van der Waals surface area contributed by atoms with Gasteiger partial charge in [0.25, 0.3) is 0 Å². The standard InChI is InChI=1S/C9H11NO2.C3H2N2O/c10-8(9(11)12)6-7-4-2-1-3-5-7;6-3-4-1-2-5-3/h1-5,8H,6,10H2,(H,11,12);1-2H. The van der Waals surface area contributed by atoms with Crippen molar-refractivity contribution in [3.63, 3.8) is 0 Å². The molecule has 0 aliphatic carbocycles. The van der Waals surface area contributed by atoms with E-state index in [2.05, 4.69) is 9.98 Å². The highest BCUT2D eigenvalue weighted by atomic mass is 16.4. The van der Waals surface area contributed by atoms with Gasteiger partial charge in [-0.05, 0) is 12.0 Å². The van der Waals surface area contributed by atoms with Gasteiger partial charge in [-0.15, -0.1) is 0 Å². The van der Waals surface area contributed by atoms with Crippen molar-refractivity contribution in [3.8, 4) is 0 Å². The van der Waals surface area contributed by atoms with Gasteiger partial charge in [0.05, 0.1) is 12.4 Å². The number of aliphatic imine (C=N–C) groups is 2. The molecule has 6 nitrogen and oxygen atoms in total. The van der Waals surface area contributed by atoms with E-state index in [0.717, 1.165) is 5.56 Å². The Morgan fingerprint density at radius 2 is 1.78 bits per heavy atom. The molecule has 0 bridgehead atoms. The zero-order valence-corrected chi connectivity index (χ0v) is 9.56. The van der Waals surface area contributed by atoms with Crippen LogP contribution in [0.25, 0.3) is 0 Å². The number of benzene rings is 1. The molecule has 0 radical (unpaired) electrons. The number of urea groups is 1. The van der Waals surface area contributed by atoms with Crippen molar-refractivity contribution in [2.45, 2.75) is 12.5 Å². The van der Waals surface area contributed by atoms with E-state index in [1.165, 1.54) is 12.4 Å². The Morgan fingerprint density at radius 1 is 1.22 bits per heavy atom. The summed E-state index contributed by atoms with van der Waals surface area (Å²) in [5, 5.41) is 8.52. The average Bonchev–Trinajstić information content (AvgIpc) is 2.82. The van der Waals surface area contributed by atoms with Crippen LogP contribution >= 0.6 is 0 Å². The molecule has 1 aromatic rings. The third kappa shape index (κ3) is 5.13. The van der Waals surface area contributed by atoms with E-state index in [1.807, 2.05) is 30.3 Å². The van der Waals surface area contributed by atoms with E-state index in [9.17, 15) is 9.59 Å². The predicted molar refractivity (Wildman–Crippen MR) is 68.1 cm³/mol. The Kier molecular flexibility index (Phi) is 5.40. The predicted octanol–water partition coefficient (Wildman–Crippen LogP) is 0.903. The molecule has 1 aliphatic rings. The highest BCUT2D eigenvalue weighted by Gasteiger charge is 2.10. The van der Waals surface area contributed by atoms with Gasteiger partial charge in [0.1, 0.15) is 6.04 Å². The topological polar surface area (TPSA) is 105 Å². The molecule has 1 heterocycles. The maximum absolute atomic E-state index is 10.4. The smallest absolute Gasteiger partial charge is 0.367 e. The largest absolute Gasteiger partial charge is 0.480 e. The monoisotopic (exact) mass is 247 g/mol. The lowest BCUT2D eigenvalue weighted by molar-refractivity contribution is -0.138. The van der Waals surface area contributed by atoms with Crippen molar-refractivity contribution in [2.24, 2.45) is 15.7 Å². The second-order valence-electron chi connectivity index (χ2n) is 3.47. The Labute approximate surface area is 104 Å². The first-order valence-electron chi connectivity index (χ1n) is 5.22. The summed E-state index contributed by atoms with van der Waals surface area (Å²) in [5.74, 6) is -0.959. The van der Waals surface area contributed by atoms with Crippen LogP contribution in [0.5, 0.6) is 0 Å². The molecule has 94 valence electrons. The molecule has 0 saturated carbocycles. The lowest BCUT2D eigenvalue weighted by Gasteiger charge is -2.04. The quantitative estimate of drug-likeness (QED) is 0.827. The minimum absolute atomic E-state index is 0.385. The Bertz CT molecular complexity index is 455. The highest BCUT2D eigenvalue weighted by molar-refractivity contribution is 6.25. The second kappa shape index (κ2) is 7.08. The first-order valence-corrected chi connectivity index (χ1v) is 5.22. The van der Waals surface area contributed by atoms with Crippen LogP contribution in [0, 0.1) is 0 Å². The van der Waals surface area contributed by atoms with E-state index < -0.39 is 18.0 Å². The van der Waals surface area contributed by atoms with Crippen molar-refractivity contribution >= 4 is 24.4 Å². The fraction of sp³-hybridized carbons (Fsp3) is 0.167. The molecule has 1 atom stereocenters. The Morgan fingerprint density at radius 3 is 2.17 bits per heavy atom. The molecule has 0 fully saturated rings. The summed E-state index contributed by atoms with van der Waals surface area (Å²) in [6.45, 7) is 0. The van der Waals surface area contributed by atoms with Crippen molar-refractivity contribution in [2.75, 3.05) is 0 Å². The fourth-order valence-corrected chi connectivity index (χ4v) is 1.18. The molecule has 18 heavy (non-hydrogen) atoms. The Balaban J connectivity index is 0.000000225. The lowest BCUT2D eigenvalue weighted by atomic mass is 10.1. The number of hydrogen-bond donors (Lipinski definition) is 2. The summed E-state index contributed by atoms with van der Waals surface area (Å²) >= 11 is 0. The summed E-state index contributed by atoms with van der Waals surface area (Å²) < 4.78 is 0. The van der Waals surface area contributed by atoms with Crippen LogP contribution in [0.3, 0.4) is 0 Å². The molecule has 1 unspecified atom stereocenters. The summed E-state index contributed by atoms with van der Waals surface area (Å²) in [4.78, 5) is 26.7. The molecule has 0 saturated heterocycles. The van der Waals surface area contributed by atoms with Gasteiger partial charge in [-0.3, -0.25) is 4.79 Å². The van der Waals surface area contributed by atoms with Gasteiger partial charge in [0.2, 0.25) is 0 Å². The minimum Gasteiger partial charge on any atom is -0.480 e. The number of aliphatic carboxylic acids is 1. The van der Waals surface area contributed by atoms with Crippen molar-refractivity contribution in [1.82, 2.24) is 0 Å². The number of hydrogen-bond acceptors (Lipinski definition) is 3. The molecule has 2 amide bonds. The number of carboxylic acids is 1. The molecule has 1 aromatic carbocycles.